The second-order valence-corrected chi connectivity index (χ2v) is 4.30. The molecule has 0 aromatic carbocycles. The Morgan fingerprint density at radius 2 is 2.33 bits per heavy atom. The third-order valence-electron chi connectivity index (χ3n) is 3.34. The number of fused-ring (bicyclic) bond motifs is 1. The van der Waals surface area contributed by atoms with Gasteiger partial charge in [-0.3, -0.25) is 4.98 Å². The van der Waals surface area contributed by atoms with Gasteiger partial charge in [-0.05, 0) is 37.8 Å². The van der Waals surface area contributed by atoms with Crippen molar-refractivity contribution < 1.29 is 0 Å². The molecule has 0 saturated heterocycles. The van der Waals surface area contributed by atoms with Gasteiger partial charge in [-0.25, -0.2) is 0 Å². The van der Waals surface area contributed by atoms with E-state index in [-0.39, 0.29) is 0 Å². The predicted molar refractivity (Wildman–Crippen MR) is 63.2 cm³/mol. The summed E-state index contributed by atoms with van der Waals surface area (Å²) in [4.78, 5) is 6.70. The van der Waals surface area contributed by atoms with E-state index in [2.05, 4.69) is 29.9 Å². The fourth-order valence-corrected chi connectivity index (χ4v) is 2.17. The van der Waals surface area contributed by atoms with E-state index in [9.17, 15) is 0 Å². The van der Waals surface area contributed by atoms with Gasteiger partial charge in [0.1, 0.15) is 0 Å². The van der Waals surface area contributed by atoms with E-state index in [0.717, 1.165) is 6.42 Å². The van der Waals surface area contributed by atoms with E-state index in [1.54, 1.807) is 0 Å². The first-order chi connectivity index (χ1) is 7.24. The van der Waals surface area contributed by atoms with Crippen LogP contribution in [0.4, 0.5) is 5.69 Å². The molecular formula is C12H19N3. The van der Waals surface area contributed by atoms with Crippen molar-refractivity contribution >= 4 is 5.69 Å². The fraction of sp³-hybridized carbons (Fsp3) is 0.583. The highest BCUT2D eigenvalue weighted by Crippen LogP contribution is 2.29. The standard InChI is InChI=1S/C12H19N3/c1-9(8-13)15(2)12-6-7-14-11-5-3-4-10(11)12/h6-7,9H,3-5,8,13H2,1-2H3. The number of aryl methyl sites for hydroxylation is 1. The third kappa shape index (κ3) is 1.84. The second kappa shape index (κ2) is 4.19. The first kappa shape index (κ1) is 10.4. The minimum Gasteiger partial charge on any atom is -0.370 e. The number of pyridine rings is 1. The normalized spacial score (nSPS) is 16.2. The van der Waals surface area contributed by atoms with Gasteiger partial charge in [-0.15, -0.1) is 0 Å². The predicted octanol–water partition coefficient (Wildman–Crippen LogP) is 1.35. The number of nitrogens with two attached hydrogens (primary N) is 1. The minimum absolute atomic E-state index is 0.386. The average molecular weight is 205 g/mol. The van der Waals surface area contributed by atoms with Crippen LogP contribution in [0.15, 0.2) is 12.3 Å². The Morgan fingerprint density at radius 1 is 1.53 bits per heavy atom. The Bertz CT molecular complexity index is 349. The van der Waals surface area contributed by atoms with Crippen LogP contribution in [0.25, 0.3) is 0 Å². The number of aromatic nitrogens is 1. The van der Waals surface area contributed by atoms with Crippen LogP contribution in [0.5, 0.6) is 0 Å². The number of nitrogens with zero attached hydrogens (tertiary/aromatic N) is 2. The van der Waals surface area contributed by atoms with Crippen molar-refractivity contribution in [1.29, 1.82) is 0 Å². The summed E-state index contributed by atoms with van der Waals surface area (Å²) < 4.78 is 0. The zero-order chi connectivity index (χ0) is 10.8. The molecule has 3 heteroatoms. The van der Waals surface area contributed by atoms with E-state index in [0.29, 0.717) is 12.6 Å². The van der Waals surface area contributed by atoms with Gasteiger partial charge < -0.3 is 10.6 Å². The van der Waals surface area contributed by atoms with E-state index in [1.165, 1.54) is 29.8 Å². The molecule has 1 unspecified atom stereocenters. The smallest absolute Gasteiger partial charge is 0.0456 e. The van der Waals surface area contributed by atoms with Crippen LogP contribution in [-0.4, -0.2) is 24.6 Å². The third-order valence-corrected chi connectivity index (χ3v) is 3.34. The summed E-state index contributed by atoms with van der Waals surface area (Å²) in [5.74, 6) is 0. The topological polar surface area (TPSA) is 42.1 Å². The lowest BCUT2D eigenvalue weighted by molar-refractivity contribution is 0.692. The molecule has 1 atom stereocenters. The summed E-state index contributed by atoms with van der Waals surface area (Å²) in [7, 11) is 2.12. The van der Waals surface area contributed by atoms with Gasteiger partial charge in [0.25, 0.3) is 0 Å². The molecule has 1 aromatic heterocycles. The summed E-state index contributed by atoms with van der Waals surface area (Å²) in [6.07, 6.45) is 5.46. The Hall–Kier alpha value is -1.09. The molecule has 0 radical (unpaired) electrons. The lowest BCUT2D eigenvalue weighted by Crippen LogP contribution is -2.35. The van der Waals surface area contributed by atoms with Gasteiger partial charge in [0, 0.05) is 37.2 Å². The van der Waals surface area contributed by atoms with Crippen LogP contribution in [0, 0.1) is 0 Å². The van der Waals surface area contributed by atoms with Crippen molar-refractivity contribution in [3.8, 4) is 0 Å². The zero-order valence-corrected chi connectivity index (χ0v) is 9.53. The van der Waals surface area contributed by atoms with Crippen LogP contribution in [0.3, 0.4) is 0 Å². The van der Waals surface area contributed by atoms with Crippen molar-refractivity contribution in [2.75, 3.05) is 18.5 Å². The monoisotopic (exact) mass is 205 g/mol. The van der Waals surface area contributed by atoms with Crippen molar-refractivity contribution in [1.82, 2.24) is 4.98 Å². The van der Waals surface area contributed by atoms with Gasteiger partial charge in [-0.1, -0.05) is 0 Å². The van der Waals surface area contributed by atoms with Gasteiger partial charge in [0.05, 0.1) is 0 Å². The molecule has 0 spiro atoms. The SMILES string of the molecule is CC(CN)N(C)c1ccnc2c1CCC2. The van der Waals surface area contributed by atoms with Gasteiger partial charge in [-0.2, -0.15) is 0 Å². The highest BCUT2D eigenvalue weighted by molar-refractivity contribution is 5.56. The molecule has 0 amide bonds. The molecule has 0 saturated carbocycles. The minimum atomic E-state index is 0.386. The number of likely N-dealkylation sites (N-methyl/N-ethyl adjacent to an activating group) is 1. The molecule has 0 aliphatic heterocycles. The summed E-state index contributed by atoms with van der Waals surface area (Å²) >= 11 is 0. The summed E-state index contributed by atoms with van der Waals surface area (Å²) in [6.45, 7) is 2.84. The molecule has 2 rings (SSSR count). The van der Waals surface area contributed by atoms with Crippen LogP contribution in [-0.2, 0) is 12.8 Å². The lowest BCUT2D eigenvalue weighted by Gasteiger charge is -2.27. The zero-order valence-electron chi connectivity index (χ0n) is 9.53. The largest absolute Gasteiger partial charge is 0.370 e. The van der Waals surface area contributed by atoms with Gasteiger partial charge in [0.15, 0.2) is 0 Å². The molecule has 1 aliphatic carbocycles. The molecule has 2 N–H and O–H groups in total. The van der Waals surface area contributed by atoms with Crippen molar-refractivity contribution in [2.45, 2.75) is 32.2 Å². The summed E-state index contributed by atoms with van der Waals surface area (Å²) in [5, 5.41) is 0. The molecule has 1 heterocycles. The molecular weight excluding hydrogens is 186 g/mol. The number of rotatable bonds is 3. The highest BCUT2D eigenvalue weighted by atomic mass is 15.1. The van der Waals surface area contributed by atoms with Crippen LogP contribution in [0.1, 0.15) is 24.6 Å². The van der Waals surface area contributed by atoms with Gasteiger partial charge >= 0.3 is 0 Å². The quantitative estimate of drug-likeness (QED) is 0.810. The molecule has 3 nitrogen and oxygen atoms in total. The summed E-state index contributed by atoms with van der Waals surface area (Å²) in [5.41, 5.74) is 9.73. The van der Waals surface area contributed by atoms with E-state index in [4.69, 9.17) is 5.73 Å². The highest BCUT2D eigenvalue weighted by Gasteiger charge is 2.19. The maximum atomic E-state index is 5.70. The second-order valence-electron chi connectivity index (χ2n) is 4.30. The molecule has 1 aliphatic rings. The maximum absolute atomic E-state index is 5.70. The average Bonchev–Trinajstić information content (AvgIpc) is 2.74. The van der Waals surface area contributed by atoms with Gasteiger partial charge in [0.2, 0.25) is 0 Å². The number of hydrogen-bond acceptors (Lipinski definition) is 3. The molecule has 82 valence electrons. The Balaban J connectivity index is 2.32. The number of hydrogen-bond donors (Lipinski definition) is 1. The molecule has 1 aromatic rings. The first-order valence-corrected chi connectivity index (χ1v) is 5.63. The van der Waals surface area contributed by atoms with Crippen LogP contribution < -0.4 is 10.6 Å². The first-order valence-electron chi connectivity index (χ1n) is 5.63. The molecule has 0 bridgehead atoms. The van der Waals surface area contributed by atoms with Crippen molar-refractivity contribution in [3.05, 3.63) is 23.5 Å². The Kier molecular flexibility index (Phi) is 2.91. The Morgan fingerprint density at radius 3 is 3.07 bits per heavy atom. The van der Waals surface area contributed by atoms with E-state index >= 15 is 0 Å². The lowest BCUT2D eigenvalue weighted by atomic mass is 10.1. The van der Waals surface area contributed by atoms with E-state index < -0.39 is 0 Å². The summed E-state index contributed by atoms with van der Waals surface area (Å²) in [6, 6.07) is 2.49. The molecule has 15 heavy (non-hydrogen) atoms. The van der Waals surface area contributed by atoms with Crippen LogP contribution >= 0.6 is 0 Å². The number of anilines is 1. The Labute approximate surface area is 91.3 Å². The van der Waals surface area contributed by atoms with Crippen LogP contribution in [0.2, 0.25) is 0 Å². The van der Waals surface area contributed by atoms with Crippen molar-refractivity contribution in [3.63, 3.8) is 0 Å². The van der Waals surface area contributed by atoms with E-state index in [1.807, 2.05) is 6.20 Å². The fourth-order valence-electron chi connectivity index (χ4n) is 2.17. The maximum Gasteiger partial charge on any atom is 0.0456 e. The van der Waals surface area contributed by atoms with Crippen molar-refractivity contribution in [2.24, 2.45) is 5.73 Å². The molecule has 0 fully saturated rings.